The van der Waals surface area contributed by atoms with E-state index in [0.717, 1.165) is 5.39 Å². The van der Waals surface area contributed by atoms with Crippen LogP contribution in [0.3, 0.4) is 0 Å². The summed E-state index contributed by atoms with van der Waals surface area (Å²) in [4.78, 5) is 11.6. The minimum atomic E-state index is -1.43. The zero-order valence-electron chi connectivity index (χ0n) is 12.9. The zero-order chi connectivity index (χ0) is 17.4. The summed E-state index contributed by atoms with van der Waals surface area (Å²) < 4.78 is 10.3. The van der Waals surface area contributed by atoms with Gasteiger partial charge in [0.25, 0.3) is 0 Å². The summed E-state index contributed by atoms with van der Waals surface area (Å²) in [7, 11) is 0. The third-order valence-corrected chi connectivity index (χ3v) is 4.14. The highest BCUT2D eigenvalue weighted by Gasteiger charge is 2.43. The smallest absolute Gasteiger partial charge is 0.339 e. The third kappa shape index (κ3) is 3.02. The maximum absolute atomic E-state index is 11.6. The first kappa shape index (κ1) is 16.9. The van der Waals surface area contributed by atoms with Gasteiger partial charge in [0.05, 0.1) is 6.61 Å². The van der Waals surface area contributed by atoms with Gasteiger partial charge in [0.1, 0.15) is 29.9 Å². The molecule has 2 aromatic rings. The van der Waals surface area contributed by atoms with Crippen molar-refractivity contribution in [2.24, 2.45) is 0 Å². The monoisotopic (exact) mass is 337 g/mol. The number of benzene rings is 1. The summed E-state index contributed by atoms with van der Waals surface area (Å²) in [5, 5.41) is 42.7. The van der Waals surface area contributed by atoms with Gasteiger partial charge < -0.3 is 34.9 Å². The first-order valence-electron chi connectivity index (χ1n) is 7.52. The molecule has 1 saturated heterocycles. The molecule has 5 N–H and O–H groups in total. The number of fused-ring (bicyclic) bond motifs is 1. The summed E-state index contributed by atoms with van der Waals surface area (Å²) in [5.41, 5.74) is 0.871. The van der Waals surface area contributed by atoms with Gasteiger partial charge in [-0.1, -0.05) is 0 Å². The van der Waals surface area contributed by atoms with Gasteiger partial charge >= 0.3 is 5.63 Å². The summed E-state index contributed by atoms with van der Waals surface area (Å²) in [6, 6.07) is 5.65. The van der Waals surface area contributed by atoms with Gasteiger partial charge in [-0.25, -0.2) is 4.79 Å². The molecule has 0 aliphatic carbocycles. The summed E-state index contributed by atoms with van der Waals surface area (Å²) in [6.45, 7) is 1.13. The number of aliphatic hydroxyl groups excluding tert-OH is 4. The van der Waals surface area contributed by atoms with E-state index in [1.807, 2.05) is 0 Å². The Morgan fingerprint density at radius 1 is 1.17 bits per heavy atom. The van der Waals surface area contributed by atoms with Crippen LogP contribution in [0.5, 0.6) is 0 Å². The Balaban J connectivity index is 1.86. The minimum Gasteiger partial charge on any atom is -0.422 e. The molecule has 5 atom stereocenters. The van der Waals surface area contributed by atoms with E-state index in [1.54, 1.807) is 31.2 Å². The van der Waals surface area contributed by atoms with E-state index < -0.39 is 42.9 Å². The molecule has 1 aromatic carbocycles. The largest absolute Gasteiger partial charge is 0.422 e. The fourth-order valence-electron chi connectivity index (χ4n) is 2.75. The van der Waals surface area contributed by atoms with Crippen molar-refractivity contribution in [1.82, 2.24) is 0 Å². The van der Waals surface area contributed by atoms with Gasteiger partial charge in [-0.3, -0.25) is 0 Å². The standard InChI is InChI=1S/C16H19NO7/c1-7-4-8-2-3-9(5-10(8)23-15(7)21)17-12-14(20)13(19)11(6-18)24-16(12)22/h2-5,11-14,16-20,22H,6H2,1H3/t11?,12?,13-,14-,16-/m1/s1. The molecule has 24 heavy (non-hydrogen) atoms. The predicted octanol–water partition coefficient (Wildman–Crippen LogP) is -0.687. The van der Waals surface area contributed by atoms with Crippen LogP contribution in [0.1, 0.15) is 5.56 Å². The maximum Gasteiger partial charge on any atom is 0.339 e. The quantitative estimate of drug-likeness (QED) is 0.465. The number of anilines is 1. The Kier molecular flexibility index (Phi) is 4.57. The van der Waals surface area contributed by atoms with Gasteiger partial charge in [0, 0.05) is 22.7 Å². The van der Waals surface area contributed by atoms with Crippen LogP contribution in [-0.4, -0.2) is 57.7 Å². The van der Waals surface area contributed by atoms with Crippen molar-refractivity contribution in [2.45, 2.75) is 37.6 Å². The van der Waals surface area contributed by atoms with Crippen LogP contribution < -0.4 is 10.9 Å². The van der Waals surface area contributed by atoms with Gasteiger partial charge in [0.2, 0.25) is 0 Å². The number of rotatable bonds is 3. The molecule has 8 heteroatoms. The molecule has 1 aromatic heterocycles. The van der Waals surface area contributed by atoms with Crippen molar-refractivity contribution in [3.8, 4) is 0 Å². The predicted molar refractivity (Wildman–Crippen MR) is 84.6 cm³/mol. The fraction of sp³-hybridized carbons (Fsp3) is 0.438. The Morgan fingerprint density at radius 3 is 2.62 bits per heavy atom. The van der Waals surface area contributed by atoms with Gasteiger partial charge in [-0.05, 0) is 25.1 Å². The Hall–Kier alpha value is -1.97. The van der Waals surface area contributed by atoms with Crippen LogP contribution in [0, 0.1) is 6.92 Å². The molecule has 0 bridgehead atoms. The zero-order valence-corrected chi connectivity index (χ0v) is 12.9. The molecule has 0 radical (unpaired) electrons. The fourth-order valence-corrected chi connectivity index (χ4v) is 2.75. The number of aliphatic hydroxyl groups is 4. The number of hydrogen-bond donors (Lipinski definition) is 5. The van der Waals surface area contributed by atoms with Crippen LogP contribution in [-0.2, 0) is 4.74 Å². The molecule has 130 valence electrons. The van der Waals surface area contributed by atoms with E-state index in [0.29, 0.717) is 16.8 Å². The normalized spacial score (nSPS) is 30.5. The van der Waals surface area contributed by atoms with Crippen molar-refractivity contribution in [3.63, 3.8) is 0 Å². The second kappa shape index (κ2) is 6.50. The number of nitrogens with one attached hydrogen (secondary N) is 1. The minimum absolute atomic E-state index is 0.352. The second-order valence-electron chi connectivity index (χ2n) is 5.87. The summed E-state index contributed by atoms with van der Waals surface area (Å²) >= 11 is 0. The van der Waals surface area contributed by atoms with Crippen molar-refractivity contribution in [1.29, 1.82) is 0 Å². The van der Waals surface area contributed by atoms with E-state index in [2.05, 4.69) is 5.32 Å². The highest BCUT2D eigenvalue weighted by Crippen LogP contribution is 2.25. The van der Waals surface area contributed by atoms with Crippen LogP contribution >= 0.6 is 0 Å². The SMILES string of the molecule is Cc1cc2ccc(NC3[C@H](O)OC(CO)[C@@H](O)[C@@H]3O)cc2oc1=O. The number of ether oxygens (including phenoxy) is 1. The van der Waals surface area contributed by atoms with Crippen molar-refractivity contribution in [2.75, 3.05) is 11.9 Å². The van der Waals surface area contributed by atoms with Crippen molar-refractivity contribution in [3.05, 3.63) is 40.2 Å². The molecule has 2 unspecified atom stereocenters. The lowest BCUT2D eigenvalue weighted by Gasteiger charge is -2.40. The molecule has 0 spiro atoms. The van der Waals surface area contributed by atoms with Crippen LogP contribution in [0.2, 0.25) is 0 Å². The van der Waals surface area contributed by atoms with Crippen LogP contribution in [0.4, 0.5) is 5.69 Å². The average molecular weight is 337 g/mol. The lowest BCUT2D eigenvalue weighted by Crippen LogP contribution is -2.61. The topological polar surface area (TPSA) is 132 Å². The highest BCUT2D eigenvalue weighted by atomic mass is 16.6. The first-order chi connectivity index (χ1) is 11.4. The van der Waals surface area contributed by atoms with Crippen molar-refractivity contribution >= 4 is 16.7 Å². The van der Waals surface area contributed by atoms with E-state index in [4.69, 9.17) is 14.3 Å². The third-order valence-electron chi connectivity index (χ3n) is 4.14. The molecule has 0 saturated carbocycles. The Bertz CT molecular complexity index is 790. The number of aryl methyl sites for hydroxylation is 1. The molecule has 2 heterocycles. The highest BCUT2D eigenvalue weighted by molar-refractivity contribution is 5.80. The first-order valence-corrected chi connectivity index (χ1v) is 7.52. The van der Waals surface area contributed by atoms with Crippen LogP contribution in [0.25, 0.3) is 11.0 Å². The Labute approximate surface area is 136 Å². The molecule has 1 aliphatic rings. The summed E-state index contributed by atoms with van der Waals surface area (Å²) in [5.74, 6) is 0. The van der Waals surface area contributed by atoms with Crippen LogP contribution in [0.15, 0.2) is 33.5 Å². The van der Waals surface area contributed by atoms with E-state index in [-0.39, 0.29) is 0 Å². The van der Waals surface area contributed by atoms with Gasteiger partial charge in [-0.15, -0.1) is 0 Å². The molecule has 1 fully saturated rings. The van der Waals surface area contributed by atoms with Crippen molar-refractivity contribution < 1.29 is 29.6 Å². The molecule has 8 nitrogen and oxygen atoms in total. The van der Waals surface area contributed by atoms with Gasteiger partial charge in [0.15, 0.2) is 6.29 Å². The molecule has 3 rings (SSSR count). The van der Waals surface area contributed by atoms with Gasteiger partial charge in [-0.2, -0.15) is 0 Å². The number of hydrogen-bond acceptors (Lipinski definition) is 8. The molecule has 0 amide bonds. The molecule has 1 aliphatic heterocycles. The lowest BCUT2D eigenvalue weighted by atomic mass is 9.97. The molecular weight excluding hydrogens is 318 g/mol. The Morgan fingerprint density at radius 2 is 1.92 bits per heavy atom. The van der Waals surface area contributed by atoms with E-state index in [9.17, 15) is 20.1 Å². The molecular formula is C16H19NO7. The summed E-state index contributed by atoms with van der Waals surface area (Å²) in [6.07, 6.45) is -5.20. The van der Waals surface area contributed by atoms with E-state index >= 15 is 0 Å². The average Bonchev–Trinajstić information content (AvgIpc) is 2.56. The maximum atomic E-state index is 11.6. The van der Waals surface area contributed by atoms with E-state index in [1.165, 1.54) is 0 Å². The second-order valence-corrected chi connectivity index (χ2v) is 5.87. The lowest BCUT2D eigenvalue weighted by molar-refractivity contribution is -0.245.